The van der Waals surface area contributed by atoms with E-state index in [-0.39, 0.29) is 13.0 Å². The zero-order valence-electron chi connectivity index (χ0n) is 29.8. The van der Waals surface area contributed by atoms with Crippen LogP contribution in [0.15, 0.2) is 140 Å². The molecule has 1 fully saturated rings. The largest absolute Gasteiger partial charge is 0.496 e. The first-order valence-corrected chi connectivity index (χ1v) is 18.0. The Hall–Kier alpha value is -5.27. The van der Waals surface area contributed by atoms with E-state index >= 15 is 0 Å². The van der Waals surface area contributed by atoms with Gasteiger partial charge < -0.3 is 33.4 Å². The van der Waals surface area contributed by atoms with E-state index in [2.05, 4.69) is 11.1 Å². The van der Waals surface area contributed by atoms with Crippen molar-refractivity contribution in [2.75, 3.05) is 13.7 Å². The Balaban J connectivity index is 1.32. The van der Waals surface area contributed by atoms with Gasteiger partial charge in [-0.25, -0.2) is 0 Å². The molecule has 0 aliphatic carbocycles. The summed E-state index contributed by atoms with van der Waals surface area (Å²) in [6.07, 6.45) is -2.93. The Bertz CT molecular complexity index is 2050. The minimum Gasteiger partial charge on any atom is -0.496 e. The molecule has 0 bridgehead atoms. The summed E-state index contributed by atoms with van der Waals surface area (Å²) in [5.41, 5.74) is 6.51. The van der Waals surface area contributed by atoms with E-state index in [4.69, 9.17) is 28.4 Å². The Morgan fingerprint density at radius 3 is 1.64 bits per heavy atom. The number of aromatic amines is 1. The summed E-state index contributed by atoms with van der Waals surface area (Å²) in [5.74, 6) is 0.677. The third-order valence-corrected chi connectivity index (χ3v) is 9.57. The molecule has 53 heavy (non-hydrogen) atoms. The first-order chi connectivity index (χ1) is 26.2. The molecule has 8 heteroatoms. The van der Waals surface area contributed by atoms with E-state index in [0.717, 1.165) is 44.4 Å². The van der Waals surface area contributed by atoms with Crippen LogP contribution in [0.2, 0.25) is 0 Å². The molecule has 1 aliphatic heterocycles. The molecular weight excluding hydrogens is 665 g/mol. The molecule has 6 aromatic rings. The minimum atomic E-state index is -0.679. The molecule has 5 atom stereocenters. The highest BCUT2D eigenvalue weighted by atomic mass is 16.6. The zero-order valence-corrected chi connectivity index (χ0v) is 29.8. The van der Waals surface area contributed by atoms with Crippen molar-refractivity contribution in [3.8, 4) is 11.8 Å². The molecule has 1 N–H and O–H groups in total. The fraction of sp³-hybridized carbons (Fsp3) is 0.267. The van der Waals surface area contributed by atoms with Crippen LogP contribution >= 0.6 is 0 Å². The second kappa shape index (κ2) is 18.0. The molecule has 2 heterocycles. The summed E-state index contributed by atoms with van der Waals surface area (Å²) in [6, 6.07) is 48.5. The van der Waals surface area contributed by atoms with Crippen LogP contribution in [-0.4, -0.2) is 43.1 Å². The first-order valence-electron chi connectivity index (χ1n) is 18.0. The number of benzene rings is 5. The van der Waals surface area contributed by atoms with E-state index < -0.39 is 30.5 Å². The Morgan fingerprint density at radius 2 is 1.11 bits per heavy atom. The highest BCUT2D eigenvalue weighted by molar-refractivity contribution is 5.91. The maximum atomic E-state index is 10.1. The number of hydrogen-bond donors (Lipinski definition) is 1. The highest BCUT2D eigenvalue weighted by Gasteiger charge is 2.50. The molecule has 7 rings (SSSR count). The van der Waals surface area contributed by atoms with Gasteiger partial charge in [-0.1, -0.05) is 127 Å². The predicted molar refractivity (Wildman–Crippen MR) is 203 cm³/mol. The summed E-state index contributed by atoms with van der Waals surface area (Å²) in [6.45, 7) is 1.63. The monoisotopic (exact) mass is 708 g/mol. The van der Waals surface area contributed by atoms with Gasteiger partial charge in [-0.3, -0.25) is 0 Å². The van der Waals surface area contributed by atoms with E-state index in [1.54, 1.807) is 7.11 Å². The normalized spacial score (nSPS) is 19.9. The highest BCUT2D eigenvalue weighted by Crippen LogP contribution is 2.43. The van der Waals surface area contributed by atoms with Crippen LogP contribution in [0.25, 0.3) is 10.9 Å². The average Bonchev–Trinajstić information content (AvgIpc) is 3.58. The van der Waals surface area contributed by atoms with Gasteiger partial charge in [0.15, 0.2) is 0 Å². The number of aromatic nitrogens is 1. The van der Waals surface area contributed by atoms with Crippen molar-refractivity contribution in [1.29, 1.82) is 5.26 Å². The van der Waals surface area contributed by atoms with Gasteiger partial charge in [0, 0.05) is 16.5 Å². The lowest BCUT2D eigenvalue weighted by atomic mass is 9.90. The fourth-order valence-corrected chi connectivity index (χ4v) is 7.00. The molecule has 1 aromatic heterocycles. The number of methoxy groups -OCH3 is 1. The molecule has 1 saturated heterocycles. The summed E-state index contributed by atoms with van der Waals surface area (Å²) in [7, 11) is 1.64. The van der Waals surface area contributed by atoms with E-state index in [9.17, 15) is 5.26 Å². The second-order valence-corrected chi connectivity index (χ2v) is 13.1. The average molecular weight is 709 g/mol. The van der Waals surface area contributed by atoms with Crippen molar-refractivity contribution < 1.29 is 28.4 Å². The third kappa shape index (κ3) is 8.86. The van der Waals surface area contributed by atoms with Gasteiger partial charge in [0.2, 0.25) is 0 Å². The van der Waals surface area contributed by atoms with Crippen molar-refractivity contribution in [1.82, 2.24) is 4.98 Å². The number of hydrogen-bond acceptors (Lipinski definition) is 7. The third-order valence-electron chi connectivity index (χ3n) is 9.57. The second-order valence-electron chi connectivity index (χ2n) is 13.1. The van der Waals surface area contributed by atoms with Crippen LogP contribution in [0, 0.1) is 11.3 Å². The van der Waals surface area contributed by atoms with Gasteiger partial charge in [0.05, 0.1) is 58.3 Å². The number of nitrogens with zero attached hydrogens (tertiary/aromatic N) is 1. The van der Waals surface area contributed by atoms with E-state index in [0.29, 0.717) is 32.2 Å². The molecule has 0 amide bonds. The van der Waals surface area contributed by atoms with Crippen LogP contribution in [0.5, 0.6) is 5.75 Å². The lowest BCUT2D eigenvalue weighted by molar-refractivity contribution is -0.275. The van der Waals surface area contributed by atoms with Crippen molar-refractivity contribution in [3.63, 3.8) is 0 Å². The molecule has 0 spiro atoms. The summed E-state index contributed by atoms with van der Waals surface area (Å²) in [4.78, 5) is 3.62. The maximum absolute atomic E-state index is 10.1. The van der Waals surface area contributed by atoms with Gasteiger partial charge in [-0.15, -0.1) is 0 Å². The summed E-state index contributed by atoms with van der Waals surface area (Å²) >= 11 is 0. The molecule has 0 radical (unpaired) electrons. The van der Waals surface area contributed by atoms with Crippen LogP contribution in [0.1, 0.15) is 39.6 Å². The van der Waals surface area contributed by atoms with Crippen molar-refractivity contribution in [3.05, 3.63) is 173 Å². The number of ether oxygens (including phenoxy) is 6. The zero-order chi connectivity index (χ0) is 36.2. The first kappa shape index (κ1) is 36.1. The van der Waals surface area contributed by atoms with Gasteiger partial charge in [-0.05, 0) is 34.4 Å². The molecule has 270 valence electrons. The van der Waals surface area contributed by atoms with Crippen LogP contribution in [0.4, 0.5) is 0 Å². The summed E-state index contributed by atoms with van der Waals surface area (Å²) < 4.78 is 40.0. The fourth-order valence-electron chi connectivity index (χ4n) is 7.00. The maximum Gasteiger partial charge on any atom is 0.128 e. The predicted octanol–water partition coefficient (Wildman–Crippen LogP) is 8.66. The number of nitriles is 1. The number of fused-ring (bicyclic) bond motifs is 1. The molecule has 0 unspecified atom stereocenters. The molecule has 1 aliphatic rings. The van der Waals surface area contributed by atoms with Gasteiger partial charge >= 0.3 is 0 Å². The molecule has 5 aromatic carbocycles. The number of rotatable bonds is 16. The topological polar surface area (TPSA) is 95.0 Å². The summed E-state index contributed by atoms with van der Waals surface area (Å²) in [5, 5.41) is 11.0. The Morgan fingerprint density at radius 1 is 0.604 bits per heavy atom. The van der Waals surface area contributed by atoms with Crippen LogP contribution in [0.3, 0.4) is 0 Å². The van der Waals surface area contributed by atoms with Crippen molar-refractivity contribution >= 4 is 10.9 Å². The van der Waals surface area contributed by atoms with Gasteiger partial charge in [-0.2, -0.15) is 5.26 Å². The van der Waals surface area contributed by atoms with E-state index in [1.807, 2.05) is 140 Å². The number of nitrogens with one attached hydrogen (secondary N) is 1. The Kier molecular flexibility index (Phi) is 12.2. The van der Waals surface area contributed by atoms with Gasteiger partial charge in [0.25, 0.3) is 0 Å². The van der Waals surface area contributed by atoms with Crippen molar-refractivity contribution in [2.24, 2.45) is 0 Å². The van der Waals surface area contributed by atoms with E-state index in [1.165, 1.54) is 0 Å². The SMILES string of the molecule is COc1cccc2[nH]c([C@@H]3O[C@H](COCc4ccccc4)[C@@H](OCc4ccccc4)[C@H](OCc4ccccc4)[C@H]3OCc3ccccc3)c(CC#N)c12. The van der Waals surface area contributed by atoms with Crippen LogP contribution in [-0.2, 0) is 56.5 Å². The smallest absolute Gasteiger partial charge is 0.128 e. The standard InChI is InChI=1S/C45H44N2O6/c1-48-38-24-14-23-37-40(38)36(25-26-46)41(47-37)43-45(52-30-35-21-12-5-13-22-35)44(51-29-34-19-10-4-11-20-34)42(50-28-33-17-8-3-9-18-33)39(53-43)31-49-27-32-15-6-2-7-16-32/h2-24,39,42-45,47H,25,27-31H2,1H3/t39-,42-,43+,44+,45+/m1/s1. The number of H-pyrrole nitrogens is 1. The minimum absolute atomic E-state index is 0.139. The van der Waals surface area contributed by atoms with Gasteiger partial charge in [0.1, 0.15) is 36.3 Å². The lowest BCUT2D eigenvalue weighted by Gasteiger charge is -2.46. The lowest BCUT2D eigenvalue weighted by Crippen LogP contribution is -2.58. The quantitative estimate of drug-likeness (QED) is 0.108. The van der Waals surface area contributed by atoms with Crippen molar-refractivity contribution in [2.45, 2.75) is 63.4 Å². The molecule has 0 saturated carbocycles. The Labute approximate surface area is 310 Å². The van der Waals surface area contributed by atoms with Crippen LogP contribution < -0.4 is 4.74 Å². The molecular formula is C45H44N2O6. The molecule has 8 nitrogen and oxygen atoms in total.